The third kappa shape index (κ3) is 1.40. The van der Waals surface area contributed by atoms with Crippen LogP contribution in [-0.4, -0.2) is 11.1 Å². The van der Waals surface area contributed by atoms with Crippen LogP contribution in [0.15, 0.2) is 18.2 Å². The van der Waals surface area contributed by atoms with Gasteiger partial charge in [-0.1, -0.05) is 18.2 Å². The molecular formula is C9H10O2. The van der Waals surface area contributed by atoms with Crippen molar-refractivity contribution >= 4 is 5.97 Å². The third-order valence-electron chi connectivity index (χ3n) is 1.28. The van der Waals surface area contributed by atoms with Crippen LogP contribution >= 0.6 is 0 Å². The number of carboxylic acids is 1. The maximum absolute atomic E-state index is 11.0. The summed E-state index contributed by atoms with van der Waals surface area (Å²) in [6.45, 7) is -5.32. The Morgan fingerprint density at radius 2 is 2.00 bits per heavy atom. The number of carboxylic acid groups (broad SMARTS) is 1. The SMILES string of the molecule is [2H]C([2H])([2H])c1cccc(C([2H])([2H])[2H])c1C(=O)O. The van der Waals surface area contributed by atoms with Crippen molar-refractivity contribution in [1.82, 2.24) is 0 Å². The summed E-state index contributed by atoms with van der Waals surface area (Å²) in [6.07, 6.45) is 0. The van der Waals surface area contributed by atoms with Crippen LogP contribution in [-0.2, 0) is 0 Å². The minimum Gasteiger partial charge on any atom is -0.478 e. The van der Waals surface area contributed by atoms with E-state index in [1.165, 1.54) is 6.07 Å². The van der Waals surface area contributed by atoms with Crippen LogP contribution in [0.2, 0.25) is 0 Å². The molecule has 0 spiro atoms. The van der Waals surface area contributed by atoms with Crippen LogP contribution in [0.1, 0.15) is 29.7 Å². The molecule has 0 aliphatic carbocycles. The van der Waals surface area contributed by atoms with Crippen LogP contribution in [0.4, 0.5) is 0 Å². The van der Waals surface area contributed by atoms with Crippen molar-refractivity contribution in [3.8, 4) is 0 Å². The predicted molar refractivity (Wildman–Crippen MR) is 42.9 cm³/mol. The number of carbonyl (C=O) groups is 1. The Labute approximate surface area is 73.9 Å². The fourth-order valence-electron chi connectivity index (χ4n) is 0.783. The van der Waals surface area contributed by atoms with Crippen LogP contribution in [0, 0.1) is 13.7 Å². The predicted octanol–water partition coefficient (Wildman–Crippen LogP) is 2.00. The summed E-state index contributed by atoms with van der Waals surface area (Å²) in [4.78, 5) is 11.0. The molecule has 0 radical (unpaired) electrons. The van der Waals surface area contributed by atoms with Gasteiger partial charge in [-0.3, -0.25) is 0 Å². The van der Waals surface area contributed by atoms with Gasteiger partial charge in [0.05, 0.1) is 5.56 Å². The maximum atomic E-state index is 11.0. The smallest absolute Gasteiger partial charge is 0.336 e. The van der Waals surface area contributed by atoms with Gasteiger partial charge in [-0.05, 0) is 24.8 Å². The zero-order valence-electron chi connectivity index (χ0n) is 11.6. The Morgan fingerprint density at radius 3 is 2.36 bits per heavy atom. The van der Waals surface area contributed by atoms with Crippen molar-refractivity contribution in [3.63, 3.8) is 0 Å². The molecule has 0 aliphatic heterocycles. The van der Waals surface area contributed by atoms with E-state index in [4.69, 9.17) is 13.3 Å². The fourth-order valence-corrected chi connectivity index (χ4v) is 0.783. The molecule has 0 atom stereocenters. The monoisotopic (exact) mass is 156 g/mol. The highest BCUT2D eigenvalue weighted by Gasteiger charge is 2.08. The van der Waals surface area contributed by atoms with E-state index in [-0.39, 0.29) is 0 Å². The van der Waals surface area contributed by atoms with Gasteiger partial charge in [0.1, 0.15) is 0 Å². The number of aryl methyl sites for hydroxylation is 2. The summed E-state index contributed by atoms with van der Waals surface area (Å²) in [6, 6.07) is 3.44. The van der Waals surface area contributed by atoms with Gasteiger partial charge in [-0.15, -0.1) is 0 Å². The number of hydrogen-bond acceptors (Lipinski definition) is 1. The first-order valence-corrected chi connectivity index (χ1v) is 2.92. The first-order valence-electron chi connectivity index (χ1n) is 5.92. The van der Waals surface area contributed by atoms with Crippen molar-refractivity contribution in [2.24, 2.45) is 0 Å². The summed E-state index contributed by atoms with van der Waals surface area (Å²) in [5.74, 6) is -1.55. The lowest BCUT2D eigenvalue weighted by Crippen LogP contribution is -2.01. The van der Waals surface area contributed by atoms with Gasteiger partial charge in [0.15, 0.2) is 0 Å². The van der Waals surface area contributed by atoms with Gasteiger partial charge in [-0.2, -0.15) is 0 Å². The first kappa shape index (κ1) is 2.97. The van der Waals surface area contributed by atoms with E-state index in [1.807, 2.05) is 0 Å². The molecule has 1 aromatic carbocycles. The molecule has 1 N–H and O–H groups in total. The summed E-state index contributed by atoms with van der Waals surface area (Å²) in [7, 11) is 0. The Morgan fingerprint density at radius 1 is 1.45 bits per heavy atom. The molecule has 1 rings (SSSR count). The number of benzene rings is 1. The van der Waals surface area contributed by atoms with Crippen molar-refractivity contribution in [3.05, 3.63) is 34.9 Å². The average Bonchev–Trinajstić information content (AvgIpc) is 2.13. The lowest BCUT2D eigenvalue weighted by Gasteiger charge is -2.02. The topological polar surface area (TPSA) is 37.3 Å². The molecule has 0 fully saturated rings. The minimum atomic E-state index is -2.66. The van der Waals surface area contributed by atoms with Crippen LogP contribution in [0.3, 0.4) is 0 Å². The second kappa shape index (κ2) is 2.74. The van der Waals surface area contributed by atoms with Gasteiger partial charge in [0.25, 0.3) is 0 Å². The quantitative estimate of drug-likeness (QED) is 0.675. The second-order valence-corrected chi connectivity index (χ2v) is 2.03. The van der Waals surface area contributed by atoms with E-state index in [1.54, 1.807) is 0 Å². The first-order chi connectivity index (χ1) is 7.55. The molecular weight excluding hydrogens is 140 g/mol. The van der Waals surface area contributed by atoms with Crippen molar-refractivity contribution in [2.75, 3.05) is 0 Å². The van der Waals surface area contributed by atoms with E-state index in [9.17, 15) is 4.79 Å². The molecule has 2 nitrogen and oxygen atoms in total. The average molecular weight is 156 g/mol. The van der Waals surface area contributed by atoms with E-state index >= 15 is 0 Å². The largest absolute Gasteiger partial charge is 0.478 e. The van der Waals surface area contributed by atoms with Gasteiger partial charge in [0.2, 0.25) is 0 Å². The Hall–Kier alpha value is -1.31. The van der Waals surface area contributed by atoms with Crippen LogP contribution in [0.5, 0.6) is 0 Å². The molecule has 1 aromatic rings. The highest BCUT2D eigenvalue weighted by atomic mass is 16.4. The fraction of sp³-hybridized carbons (Fsp3) is 0.222. The van der Waals surface area contributed by atoms with E-state index < -0.39 is 36.4 Å². The maximum Gasteiger partial charge on any atom is 0.336 e. The third-order valence-corrected chi connectivity index (χ3v) is 1.28. The highest BCUT2D eigenvalue weighted by molar-refractivity contribution is 5.90. The summed E-state index contributed by atoms with van der Waals surface area (Å²) < 4.78 is 43.2. The zero-order valence-corrected chi connectivity index (χ0v) is 5.59. The normalized spacial score (nSPS) is 20.0. The van der Waals surface area contributed by atoms with E-state index in [0.717, 1.165) is 12.1 Å². The summed E-state index contributed by atoms with van der Waals surface area (Å²) in [5, 5.41) is 8.97. The van der Waals surface area contributed by atoms with Gasteiger partial charge < -0.3 is 5.11 Å². The summed E-state index contributed by atoms with van der Waals surface area (Å²) in [5.41, 5.74) is -1.58. The number of hydrogen-bond donors (Lipinski definition) is 1. The highest BCUT2D eigenvalue weighted by Crippen LogP contribution is 2.12. The molecule has 58 valence electrons. The second-order valence-electron chi connectivity index (χ2n) is 2.03. The van der Waals surface area contributed by atoms with Crippen molar-refractivity contribution in [1.29, 1.82) is 0 Å². The molecule has 11 heavy (non-hydrogen) atoms. The van der Waals surface area contributed by atoms with Crippen molar-refractivity contribution in [2.45, 2.75) is 13.7 Å². The molecule has 0 saturated heterocycles. The molecule has 2 heteroatoms. The zero-order chi connectivity index (χ0) is 13.4. The molecule has 0 unspecified atom stereocenters. The molecule has 0 bridgehead atoms. The molecule has 0 amide bonds. The van der Waals surface area contributed by atoms with E-state index in [0.29, 0.717) is 0 Å². The lowest BCUT2D eigenvalue weighted by molar-refractivity contribution is 0.0695. The van der Waals surface area contributed by atoms with Gasteiger partial charge >= 0.3 is 5.97 Å². The summed E-state index contributed by atoms with van der Waals surface area (Å²) >= 11 is 0. The standard InChI is InChI=1S/C9H10O2/c1-6-4-3-5-7(2)8(6)9(10)11/h3-5H,1-2H3,(H,10,11)/i1D3,2D3. The molecule has 0 saturated carbocycles. The van der Waals surface area contributed by atoms with Crippen LogP contribution in [0.25, 0.3) is 0 Å². The Bertz CT molecular complexity index is 414. The van der Waals surface area contributed by atoms with Crippen LogP contribution < -0.4 is 0 Å². The molecule has 0 heterocycles. The Balaban J connectivity index is 3.61. The number of rotatable bonds is 1. The van der Waals surface area contributed by atoms with Gasteiger partial charge in [-0.25, -0.2) is 4.79 Å². The number of aromatic carboxylic acids is 1. The minimum absolute atomic E-state index is 0.460. The lowest BCUT2D eigenvalue weighted by atomic mass is 10.0. The molecule has 0 aromatic heterocycles. The van der Waals surface area contributed by atoms with Crippen molar-refractivity contribution < 1.29 is 18.1 Å². The molecule has 0 aliphatic rings. The Kier molecular flexibility index (Phi) is 0.741. The van der Waals surface area contributed by atoms with E-state index in [2.05, 4.69) is 0 Å². The van der Waals surface area contributed by atoms with Gasteiger partial charge in [0, 0.05) is 8.22 Å².